The highest BCUT2D eigenvalue weighted by Crippen LogP contribution is 2.00. The van der Waals surface area contributed by atoms with Gasteiger partial charge in [0.05, 0.1) is 19.8 Å². The summed E-state index contributed by atoms with van der Waals surface area (Å²) in [5, 5.41) is 2.83. The lowest BCUT2D eigenvalue weighted by Crippen LogP contribution is -2.43. The molecule has 1 aliphatic rings. The van der Waals surface area contributed by atoms with Gasteiger partial charge in [-0.15, -0.1) is 0 Å². The predicted molar refractivity (Wildman–Crippen MR) is 56.5 cm³/mol. The van der Waals surface area contributed by atoms with Crippen LogP contribution in [0.15, 0.2) is 0 Å². The lowest BCUT2D eigenvalue weighted by Gasteiger charge is -2.21. The van der Waals surface area contributed by atoms with Crippen molar-refractivity contribution in [1.82, 2.24) is 5.32 Å². The quantitative estimate of drug-likeness (QED) is 0.595. The van der Waals surface area contributed by atoms with E-state index in [9.17, 15) is 4.79 Å². The third-order valence-corrected chi connectivity index (χ3v) is 2.29. The number of hydrogen-bond donors (Lipinski definition) is 2. The van der Waals surface area contributed by atoms with Gasteiger partial charge in [0.25, 0.3) is 5.91 Å². The molecule has 1 heterocycles. The van der Waals surface area contributed by atoms with Gasteiger partial charge in [-0.05, 0) is 19.4 Å². The van der Waals surface area contributed by atoms with Crippen molar-refractivity contribution in [3.8, 4) is 0 Å². The molecule has 0 spiro atoms. The summed E-state index contributed by atoms with van der Waals surface area (Å²) in [6, 6.07) is 0. The number of carbonyl (C=O) groups is 1. The highest BCUT2D eigenvalue weighted by atomic mass is 16.6. The van der Waals surface area contributed by atoms with Crippen LogP contribution in [0, 0.1) is 0 Å². The Morgan fingerprint density at radius 1 is 1.33 bits per heavy atom. The third-order valence-electron chi connectivity index (χ3n) is 2.29. The number of nitrogens with one attached hydrogen (secondary N) is 1. The number of rotatable bonds is 6. The van der Waals surface area contributed by atoms with Crippen molar-refractivity contribution >= 4 is 5.91 Å². The number of amides is 1. The zero-order chi connectivity index (χ0) is 10.9. The Morgan fingerprint density at radius 3 is 2.87 bits per heavy atom. The Balaban J connectivity index is 2.02. The first kappa shape index (κ1) is 12.4. The summed E-state index contributed by atoms with van der Waals surface area (Å²) in [6.07, 6.45) is 2.61. The number of unbranched alkanes of at least 4 members (excludes halogenated alkanes) is 2. The molecule has 0 aliphatic carbocycles. The SMILES string of the molecule is NCCCCCNC(=O)C1COCCO1. The Kier molecular flexibility index (Phi) is 6.31. The van der Waals surface area contributed by atoms with Crippen LogP contribution in [0.2, 0.25) is 0 Å². The molecule has 1 saturated heterocycles. The molecule has 1 atom stereocenters. The summed E-state index contributed by atoms with van der Waals surface area (Å²) in [7, 11) is 0. The van der Waals surface area contributed by atoms with Crippen molar-refractivity contribution in [2.24, 2.45) is 5.73 Å². The summed E-state index contributed by atoms with van der Waals surface area (Å²) in [5.74, 6) is -0.0672. The largest absolute Gasteiger partial charge is 0.376 e. The van der Waals surface area contributed by atoms with E-state index in [4.69, 9.17) is 15.2 Å². The van der Waals surface area contributed by atoms with Gasteiger partial charge in [0.15, 0.2) is 6.10 Å². The van der Waals surface area contributed by atoms with Crippen LogP contribution in [-0.2, 0) is 14.3 Å². The van der Waals surface area contributed by atoms with E-state index < -0.39 is 6.10 Å². The molecule has 1 fully saturated rings. The van der Waals surface area contributed by atoms with Crippen molar-refractivity contribution in [3.63, 3.8) is 0 Å². The standard InChI is InChI=1S/C10H20N2O3/c11-4-2-1-3-5-12-10(13)9-8-14-6-7-15-9/h9H,1-8,11H2,(H,12,13). The normalized spacial score (nSPS) is 21.3. The summed E-state index contributed by atoms with van der Waals surface area (Å²) in [6.45, 7) is 2.87. The highest BCUT2D eigenvalue weighted by Gasteiger charge is 2.21. The van der Waals surface area contributed by atoms with Crippen LogP contribution >= 0.6 is 0 Å². The molecule has 0 radical (unpaired) electrons. The second kappa shape index (κ2) is 7.62. The molecule has 88 valence electrons. The van der Waals surface area contributed by atoms with E-state index in [2.05, 4.69) is 5.32 Å². The minimum atomic E-state index is -0.423. The van der Waals surface area contributed by atoms with Gasteiger partial charge < -0.3 is 20.5 Å². The fourth-order valence-electron chi connectivity index (χ4n) is 1.41. The zero-order valence-electron chi connectivity index (χ0n) is 9.04. The van der Waals surface area contributed by atoms with E-state index in [-0.39, 0.29) is 5.91 Å². The van der Waals surface area contributed by atoms with E-state index in [0.29, 0.717) is 32.9 Å². The van der Waals surface area contributed by atoms with E-state index in [1.54, 1.807) is 0 Å². The van der Waals surface area contributed by atoms with Gasteiger partial charge in [-0.2, -0.15) is 0 Å². The van der Waals surface area contributed by atoms with Crippen LogP contribution in [0.25, 0.3) is 0 Å². The molecule has 1 aliphatic heterocycles. The van der Waals surface area contributed by atoms with E-state index >= 15 is 0 Å². The van der Waals surface area contributed by atoms with Gasteiger partial charge in [-0.1, -0.05) is 6.42 Å². The summed E-state index contributed by atoms with van der Waals surface area (Å²) >= 11 is 0. The Morgan fingerprint density at radius 2 is 2.20 bits per heavy atom. The topological polar surface area (TPSA) is 73.6 Å². The van der Waals surface area contributed by atoms with Crippen LogP contribution < -0.4 is 11.1 Å². The van der Waals surface area contributed by atoms with Crippen molar-refractivity contribution in [2.45, 2.75) is 25.4 Å². The molecule has 0 bridgehead atoms. The maximum atomic E-state index is 11.5. The van der Waals surface area contributed by atoms with E-state index in [1.807, 2.05) is 0 Å². The van der Waals surface area contributed by atoms with Crippen LogP contribution in [-0.4, -0.2) is 44.9 Å². The minimum absolute atomic E-state index is 0.0672. The molecule has 1 unspecified atom stereocenters. The van der Waals surface area contributed by atoms with Crippen LogP contribution in [0.3, 0.4) is 0 Å². The fraction of sp³-hybridized carbons (Fsp3) is 0.900. The number of nitrogens with two attached hydrogens (primary N) is 1. The molecule has 3 N–H and O–H groups in total. The molecule has 1 rings (SSSR count). The number of carbonyl (C=O) groups excluding carboxylic acids is 1. The molecular formula is C10H20N2O3. The molecule has 1 amide bonds. The lowest BCUT2D eigenvalue weighted by molar-refractivity contribution is -0.147. The minimum Gasteiger partial charge on any atom is -0.376 e. The first-order chi connectivity index (χ1) is 7.34. The number of ether oxygens (including phenoxy) is 2. The second-order valence-corrected chi connectivity index (χ2v) is 3.57. The fourth-order valence-corrected chi connectivity index (χ4v) is 1.41. The first-order valence-corrected chi connectivity index (χ1v) is 5.51. The van der Waals surface area contributed by atoms with Gasteiger partial charge >= 0.3 is 0 Å². The van der Waals surface area contributed by atoms with Gasteiger partial charge in [0.1, 0.15) is 0 Å². The molecule has 5 nitrogen and oxygen atoms in total. The third kappa shape index (κ3) is 5.11. The predicted octanol–water partition coefficient (Wildman–Crippen LogP) is -0.353. The van der Waals surface area contributed by atoms with Crippen molar-refractivity contribution in [3.05, 3.63) is 0 Å². The van der Waals surface area contributed by atoms with Crippen molar-refractivity contribution < 1.29 is 14.3 Å². The van der Waals surface area contributed by atoms with E-state index in [0.717, 1.165) is 19.3 Å². The van der Waals surface area contributed by atoms with Crippen LogP contribution in [0.4, 0.5) is 0 Å². The Hall–Kier alpha value is -0.650. The maximum Gasteiger partial charge on any atom is 0.251 e. The van der Waals surface area contributed by atoms with Crippen molar-refractivity contribution in [1.29, 1.82) is 0 Å². The van der Waals surface area contributed by atoms with Crippen LogP contribution in [0.5, 0.6) is 0 Å². The van der Waals surface area contributed by atoms with Gasteiger partial charge in [0.2, 0.25) is 0 Å². The smallest absolute Gasteiger partial charge is 0.251 e. The Bertz CT molecular complexity index is 182. The van der Waals surface area contributed by atoms with E-state index in [1.165, 1.54) is 0 Å². The lowest BCUT2D eigenvalue weighted by atomic mass is 10.2. The molecule has 15 heavy (non-hydrogen) atoms. The average Bonchev–Trinajstić information content (AvgIpc) is 2.30. The molecule has 0 aromatic carbocycles. The van der Waals surface area contributed by atoms with Crippen molar-refractivity contribution in [2.75, 3.05) is 32.9 Å². The monoisotopic (exact) mass is 216 g/mol. The van der Waals surface area contributed by atoms with Gasteiger partial charge in [0, 0.05) is 6.54 Å². The molecule has 5 heteroatoms. The maximum absolute atomic E-state index is 11.5. The van der Waals surface area contributed by atoms with Gasteiger partial charge in [-0.3, -0.25) is 4.79 Å². The summed E-state index contributed by atoms with van der Waals surface area (Å²) in [4.78, 5) is 11.5. The number of hydrogen-bond acceptors (Lipinski definition) is 4. The summed E-state index contributed by atoms with van der Waals surface area (Å²) < 4.78 is 10.4. The molecular weight excluding hydrogens is 196 g/mol. The van der Waals surface area contributed by atoms with Gasteiger partial charge in [-0.25, -0.2) is 0 Å². The zero-order valence-corrected chi connectivity index (χ0v) is 9.04. The second-order valence-electron chi connectivity index (χ2n) is 3.57. The first-order valence-electron chi connectivity index (χ1n) is 5.51. The average molecular weight is 216 g/mol. The highest BCUT2D eigenvalue weighted by molar-refractivity contribution is 5.80. The molecule has 0 aromatic rings. The molecule has 0 saturated carbocycles. The Labute approximate surface area is 90.3 Å². The molecule has 0 aromatic heterocycles. The summed E-state index contributed by atoms with van der Waals surface area (Å²) in [5.41, 5.74) is 5.36. The van der Waals surface area contributed by atoms with Crippen LogP contribution in [0.1, 0.15) is 19.3 Å².